The van der Waals surface area contributed by atoms with Crippen LogP contribution >= 0.6 is 0 Å². The van der Waals surface area contributed by atoms with Gasteiger partial charge >= 0.3 is 0 Å². The molecule has 0 aromatic heterocycles. The summed E-state index contributed by atoms with van der Waals surface area (Å²) in [5, 5.41) is 9.77. The van der Waals surface area contributed by atoms with Gasteiger partial charge < -0.3 is 9.84 Å². The van der Waals surface area contributed by atoms with Gasteiger partial charge in [-0.05, 0) is 23.8 Å². The second-order valence-electron chi connectivity index (χ2n) is 4.22. The lowest BCUT2D eigenvalue weighted by atomic mass is 10.1. The SMILES string of the molecule is OC(COc1ccccc1)Cc1ccc(F)cc1F. The summed E-state index contributed by atoms with van der Waals surface area (Å²) >= 11 is 0. The first-order valence-corrected chi connectivity index (χ1v) is 5.95. The quantitative estimate of drug-likeness (QED) is 0.899. The van der Waals surface area contributed by atoms with Gasteiger partial charge in [0.05, 0.1) is 6.10 Å². The summed E-state index contributed by atoms with van der Waals surface area (Å²) in [6.45, 7) is 0.0564. The summed E-state index contributed by atoms with van der Waals surface area (Å²) in [6.07, 6.45) is -0.765. The van der Waals surface area contributed by atoms with Crippen LogP contribution < -0.4 is 4.74 Å². The summed E-state index contributed by atoms with van der Waals surface area (Å²) in [5.41, 5.74) is 0.269. The minimum atomic E-state index is -0.847. The summed E-state index contributed by atoms with van der Waals surface area (Å²) in [5.74, 6) is -0.642. The molecule has 1 unspecified atom stereocenters. The molecule has 0 fully saturated rings. The van der Waals surface area contributed by atoms with Crippen LogP contribution in [0.2, 0.25) is 0 Å². The highest BCUT2D eigenvalue weighted by Crippen LogP contribution is 2.13. The molecule has 1 N–H and O–H groups in total. The van der Waals surface area contributed by atoms with Crippen molar-refractivity contribution in [1.29, 1.82) is 0 Å². The molecule has 0 radical (unpaired) electrons. The normalized spacial score (nSPS) is 12.2. The second kappa shape index (κ2) is 6.29. The highest BCUT2D eigenvalue weighted by molar-refractivity contribution is 5.21. The molecule has 0 bridgehead atoms. The van der Waals surface area contributed by atoms with Crippen molar-refractivity contribution in [3.05, 3.63) is 65.7 Å². The number of rotatable bonds is 5. The van der Waals surface area contributed by atoms with Gasteiger partial charge in [-0.3, -0.25) is 0 Å². The van der Waals surface area contributed by atoms with Crippen LogP contribution in [0.25, 0.3) is 0 Å². The maximum Gasteiger partial charge on any atom is 0.129 e. The molecule has 19 heavy (non-hydrogen) atoms. The molecule has 0 heterocycles. The lowest BCUT2D eigenvalue weighted by Gasteiger charge is -2.12. The van der Waals surface area contributed by atoms with E-state index in [9.17, 15) is 13.9 Å². The Bertz CT molecular complexity index is 529. The Hall–Kier alpha value is -1.94. The zero-order valence-corrected chi connectivity index (χ0v) is 10.2. The van der Waals surface area contributed by atoms with Gasteiger partial charge in [0.25, 0.3) is 0 Å². The summed E-state index contributed by atoms with van der Waals surface area (Å²) < 4.78 is 31.5. The topological polar surface area (TPSA) is 29.5 Å². The molecule has 4 heteroatoms. The van der Waals surface area contributed by atoms with E-state index in [0.717, 1.165) is 6.07 Å². The first-order chi connectivity index (χ1) is 9.15. The van der Waals surface area contributed by atoms with E-state index in [-0.39, 0.29) is 18.6 Å². The number of ether oxygens (including phenoxy) is 1. The van der Waals surface area contributed by atoms with Crippen molar-refractivity contribution in [2.75, 3.05) is 6.61 Å². The van der Waals surface area contributed by atoms with Crippen molar-refractivity contribution in [3.63, 3.8) is 0 Å². The lowest BCUT2D eigenvalue weighted by Crippen LogP contribution is -2.20. The molecule has 0 aliphatic rings. The summed E-state index contributed by atoms with van der Waals surface area (Å²) in [7, 11) is 0. The first-order valence-electron chi connectivity index (χ1n) is 5.95. The number of hydrogen-bond acceptors (Lipinski definition) is 2. The molecule has 0 saturated carbocycles. The van der Waals surface area contributed by atoms with Gasteiger partial charge in [0.2, 0.25) is 0 Å². The molecule has 2 nitrogen and oxygen atoms in total. The number of para-hydroxylation sites is 1. The molecule has 100 valence electrons. The molecule has 0 aliphatic heterocycles. The average Bonchev–Trinajstić information content (AvgIpc) is 2.41. The third-order valence-corrected chi connectivity index (χ3v) is 2.66. The van der Waals surface area contributed by atoms with Crippen molar-refractivity contribution in [3.8, 4) is 5.75 Å². The summed E-state index contributed by atoms with van der Waals surface area (Å²) in [4.78, 5) is 0. The molecule has 0 spiro atoms. The largest absolute Gasteiger partial charge is 0.491 e. The second-order valence-corrected chi connectivity index (χ2v) is 4.22. The smallest absolute Gasteiger partial charge is 0.129 e. The summed E-state index contributed by atoms with van der Waals surface area (Å²) in [6, 6.07) is 12.3. The third kappa shape index (κ3) is 4.03. The van der Waals surface area contributed by atoms with E-state index in [4.69, 9.17) is 4.74 Å². The Balaban J connectivity index is 1.89. The number of hydrogen-bond donors (Lipinski definition) is 1. The van der Waals surface area contributed by atoms with E-state index in [0.29, 0.717) is 5.75 Å². The molecule has 1 atom stereocenters. The van der Waals surface area contributed by atoms with Gasteiger partial charge in [-0.25, -0.2) is 8.78 Å². The highest BCUT2D eigenvalue weighted by atomic mass is 19.1. The van der Waals surface area contributed by atoms with E-state index in [1.807, 2.05) is 18.2 Å². The van der Waals surface area contributed by atoms with Crippen molar-refractivity contribution >= 4 is 0 Å². The van der Waals surface area contributed by atoms with Crippen molar-refractivity contribution < 1.29 is 18.6 Å². The molecule has 2 aromatic rings. The molecular formula is C15H14F2O2. The predicted octanol–water partition coefficient (Wildman–Crippen LogP) is 2.95. The van der Waals surface area contributed by atoms with E-state index < -0.39 is 17.7 Å². The molecule has 0 saturated heterocycles. The Labute approximate surface area is 110 Å². The maximum absolute atomic E-state index is 13.4. The van der Waals surface area contributed by atoms with Gasteiger partial charge in [-0.2, -0.15) is 0 Å². The van der Waals surface area contributed by atoms with Crippen LogP contribution in [-0.2, 0) is 6.42 Å². The van der Waals surface area contributed by atoms with Gasteiger partial charge in [0, 0.05) is 12.5 Å². The van der Waals surface area contributed by atoms with Gasteiger partial charge in [0.15, 0.2) is 0 Å². The Morgan fingerprint density at radius 1 is 1.05 bits per heavy atom. The van der Waals surface area contributed by atoms with E-state index >= 15 is 0 Å². The fraction of sp³-hybridized carbons (Fsp3) is 0.200. The molecule has 2 aromatic carbocycles. The standard InChI is InChI=1S/C15H14F2O2/c16-12-7-6-11(15(17)9-12)8-13(18)10-19-14-4-2-1-3-5-14/h1-7,9,13,18H,8,10H2. The van der Waals surface area contributed by atoms with E-state index in [1.54, 1.807) is 12.1 Å². The monoisotopic (exact) mass is 264 g/mol. The lowest BCUT2D eigenvalue weighted by molar-refractivity contribution is 0.107. The minimum absolute atomic E-state index is 0.0564. The molecule has 0 aliphatic carbocycles. The molecule has 0 amide bonds. The average molecular weight is 264 g/mol. The van der Waals surface area contributed by atoms with Crippen LogP contribution in [0.15, 0.2) is 48.5 Å². The van der Waals surface area contributed by atoms with E-state index in [1.165, 1.54) is 12.1 Å². The number of aliphatic hydroxyl groups excluding tert-OH is 1. The predicted molar refractivity (Wildman–Crippen MR) is 68.0 cm³/mol. The fourth-order valence-electron chi connectivity index (χ4n) is 1.71. The van der Waals surface area contributed by atoms with Crippen LogP contribution in [0, 0.1) is 11.6 Å². The van der Waals surface area contributed by atoms with Crippen LogP contribution in [-0.4, -0.2) is 17.8 Å². The minimum Gasteiger partial charge on any atom is -0.491 e. The number of aliphatic hydroxyl groups is 1. The van der Waals surface area contributed by atoms with Crippen LogP contribution in [0.3, 0.4) is 0 Å². The fourth-order valence-corrected chi connectivity index (χ4v) is 1.71. The Kier molecular flexibility index (Phi) is 4.47. The van der Waals surface area contributed by atoms with Crippen molar-refractivity contribution in [2.45, 2.75) is 12.5 Å². The number of benzene rings is 2. The Morgan fingerprint density at radius 3 is 2.47 bits per heavy atom. The Morgan fingerprint density at radius 2 is 1.79 bits per heavy atom. The van der Waals surface area contributed by atoms with Gasteiger partial charge in [0.1, 0.15) is 24.0 Å². The van der Waals surface area contributed by atoms with Crippen LogP contribution in [0.5, 0.6) is 5.75 Å². The van der Waals surface area contributed by atoms with E-state index in [2.05, 4.69) is 0 Å². The number of halogens is 2. The van der Waals surface area contributed by atoms with Gasteiger partial charge in [-0.1, -0.05) is 24.3 Å². The third-order valence-electron chi connectivity index (χ3n) is 2.66. The maximum atomic E-state index is 13.4. The van der Waals surface area contributed by atoms with Crippen LogP contribution in [0.1, 0.15) is 5.56 Å². The highest BCUT2D eigenvalue weighted by Gasteiger charge is 2.11. The van der Waals surface area contributed by atoms with Crippen molar-refractivity contribution in [2.24, 2.45) is 0 Å². The zero-order valence-electron chi connectivity index (χ0n) is 10.2. The first kappa shape index (κ1) is 13.5. The molecule has 2 rings (SSSR count). The molecular weight excluding hydrogens is 250 g/mol. The van der Waals surface area contributed by atoms with Crippen molar-refractivity contribution in [1.82, 2.24) is 0 Å². The van der Waals surface area contributed by atoms with Gasteiger partial charge in [-0.15, -0.1) is 0 Å². The van der Waals surface area contributed by atoms with Crippen LogP contribution in [0.4, 0.5) is 8.78 Å². The zero-order chi connectivity index (χ0) is 13.7.